The third-order valence-corrected chi connectivity index (χ3v) is 6.57. The second-order valence-electron chi connectivity index (χ2n) is 7.49. The Hall–Kier alpha value is -2.51. The average molecular weight is 442 g/mol. The van der Waals surface area contributed by atoms with Gasteiger partial charge in [-0.2, -0.15) is 0 Å². The first-order chi connectivity index (χ1) is 14.5. The van der Waals surface area contributed by atoms with Crippen LogP contribution in [0.25, 0.3) is 0 Å². The van der Waals surface area contributed by atoms with Crippen LogP contribution in [0.4, 0.5) is 5.69 Å². The van der Waals surface area contributed by atoms with E-state index < -0.39 is 5.25 Å². The van der Waals surface area contributed by atoms with Gasteiger partial charge in [0.05, 0.1) is 6.04 Å². The molecule has 6 nitrogen and oxygen atoms in total. The quantitative estimate of drug-likeness (QED) is 0.589. The highest BCUT2D eigenvalue weighted by Crippen LogP contribution is 2.38. The van der Waals surface area contributed by atoms with Gasteiger partial charge in [-0.3, -0.25) is 4.79 Å². The van der Waals surface area contributed by atoms with Gasteiger partial charge >= 0.3 is 0 Å². The lowest BCUT2D eigenvalue weighted by Crippen LogP contribution is -2.41. The maximum Gasteiger partial charge on any atom is 0.240 e. The number of halogens is 1. The molecule has 0 bridgehead atoms. The fraction of sp³-hybridized carbons (Fsp3) is 0.318. The third-order valence-electron chi connectivity index (χ3n) is 5.10. The van der Waals surface area contributed by atoms with E-state index in [0.717, 1.165) is 41.0 Å². The van der Waals surface area contributed by atoms with Crippen molar-refractivity contribution < 1.29 is 4.79 Å². The first kappa shape index (κ1) is 20.8. The smallest absolute Gasteiger partial charge is 0.240 e. The van der Waals surface area contributed by atoms with Gasteiger partial charge in [-0.15, -0.1) is 10.2 Å². The molecule has 1 aliphatic heterocycles. The summed E-state index contributed by atoms with van der Waals surface area (Å²) >= 11 is 7.52. The summed E-state index contributed by atoms with van der Waals surface area (Å²) in [5, 5.41) is 12.6. The van der Waals surface area contributed by atoms with Crippen molar-refractivity contribution in [2.24, 2.45) is 0 Å². The van der Waals surface area contributed by atoms with E-state index >= 15 is 0 Å². The van der Waals surface area contributed by atoms with Crippen molar-refractivity contribution in [1.29, 1.82) is 0 Å². The minimum absolute atomic E-state index is 0.0781. The van der Waals surface area contributed by atoms with E-state index in [0.29, 0.717) is 10.2 Å². The molecule has 30 heavy (non-hydrogen) atoms. The Morgan fingerprint density at radius 2 is 1.97 bits per heavy atom. The van der Waals surface area contributed by atoms with E-state index in [1.807, 2.05) is 54.9 Å². The lowest BCUT2D eigenvalue weighted by atomic mass is 10.0. The molecule has 1 aromatic heterocycles. The molecule has 2 atom stereocenters. The van der Waals surface area contributed by atoms with Crippen molar-refractivity contribution >= 4 is 35.0 Å². The van der Waals surface area contributed by atoms with Crippen molar-refractivity contribution in [1.82, 2.24) is 14.9 Å². The van der Waals surface area contributed by atoms with Gasteiger partial charge in [0.25, 0.3) is 0 Å². The summed E-state index contributed by atoms with van der Waals surface area (Å²) in [6.45, 7) is 6.14. The predicted molar refractivity (Wildman–Crippen MR) is 122 cm³/mol. The Labute approximate surface area is 185 Å². The fourth-order valence-electron chi connectivity index (χ4n) is 3.56. The molecule has 3 aromatic rings. The zero-order valence-corrected chi connectivity index (χ0v) is 18.7. The second kappa shape index (κ2) is 8.70. The van der Waals surface area contributed by atoms with Gasteiger partial charge in [0, 0.05) is 17.1 Å². The highest BCUT2D eigenvalue weighted by molar-refractivity contribution is 8.00. The number of benzene rings is 2. The van der Waals surface area contributed by atoms with E-state index in [9.17, 15) is 4.79 Å². The number of carbonyl (C=O) groups is 1. The first-order valence-corrected chi connectivity index (χ1v) is 11.2. The standard InChI is InChI=1S/C22H24ClN5OS/c1-4-5-18-25-26-22-28(18)27-19(15-7-9-16(23)10-8-15)20(30-22)21(29)24-17-11-6-13(2)12-14(17)3/h6-12,19-20,27H,4-5H2,1-3H3,(H,24,29)/t19-,20-/m1/s1. The molecule has 156 valence electrons. The molecule has 0 unspecified atom stereocenters. The van der Waals surface area contributed by atoms with Crippen LogP contribution in [-0.2, 0) is 11.2 Å². The van der Waals surface area contributed by atoms with Crippen molar-refractivity contribution in [3.8, 4) is 0 Å². The number of rotatable bonds is 5. The number of carbonyl (C=O) groups excluding carboxylic acids is 1. The number of aryl methyl sites for hydroxylation is 3. The number of aromatic nitrogens is 3. The summed E-state index contributed by atoms with van der Waals surface area (Å²) in [5.74, 6) is 0.790. The van der Waals surface area contributed by atoms with Crippen LogP contribution < -0.4 is 10.7 Å². The van der Waals surface area contributed by atoms with E-state index in [1.165, 1.54) is 11.8 Å². The largest absolute Gasteiger partial charge is 0.325 e. The highest BCUT2D eigenvalue weighted by Gasteiger charge is 2.37. The SMILES string of the molecule is CCCc1nnc2n1N[C@H](c1ccc(Cl)cc1)[C@H](C(=O)Nc1ccc(C)cc1C)S2. The monoisotopic (exact) mass is 441 g/mol. The molecule has 2 aromatic carbocycles. The Morgan fingerprint density at radius 1 is 1.20 bits per heavy atom. The van der Waals surface area contributed by atoms with E-state index in [4.69, 9.17) is 11.6 Å². The van der Waals surface area contributed by atoms with Crippen LogP contribution in [0.1, 0.15) is 41.9 Å². The molecule has 0 radical (unpaired) electrons. The van der Waals surface area contributed by atoms with Gasteiger partial charge in [0.2, 0.25) is 11.1 Å². The van der Waals surface area contributed by atoms with Crippen LogP contribution in [0.2, 0.25) is 5.02 Å². The lowest BCUT2D eigenvalue weighted by Gasteiger charge is -2.33. The number of hydrogen-bond acceptors (Lipinski definition) is 5. The van der Waals surface area contributed by atoms with E-state index in [1.54, 1.807) is 0 Å². The molecule has 1 amide bonds. The second-order valence-corrected chi connectivity index (χ2v) is 9.03. The minimum Gasteiger partial charge on any atom is -0.325 e. The van der Waals surface area contributed by atoms with Crippen LogP contribution in [-0.4, -0.2) is 26.0 Å². The third kappa shape index (κ3) is 4.18. The Morgan fingerprint density at radius 3 is 2.67 bits per heavy atom. The molecule has 1 aliphatic rings. The molecule has 8 heteroatoms. The van der Waals surface area contributed by atoms with Gasteiger partial charge in [0.1, 0.15) is 5.25 Å². The van der Waals surface area contributed by atoms with Gasteiger partial charge in [-0.05, 0) is 49.6 Å². The molecule has 0 saturated heterocycles. The predicted octanol–water partition coefficient (Wildman–Crippen LogP) is 4.90. The number of nitrogens with zero attached hydrogens (tertiary/aromatic N) is 3. The fourth-order valence-corrected chi connectivity index (χ4v) is 4.79. The first-order valence-electron chi connectivity index (χ1n) is 9.97. The normalized spacial score (nSPS) is 17.9. The van der Waals surface area contributed by atoms with Crippen molar-refractivity contribution in [3.05, 3.63) is 70.0 Å². The highest BCUT2D eigenvalue weighted by atomic mass is 35.5. The number of nitrogens with one attached hydrogen (secondary N) is 2. The van der Waals surface area contributed by atoms with Crippen LogP contribution in [0.3, 0.4) is 0 Å². The van der Waals surface area contributed by atoms with Crippen LogP contribution in [0.15, 0.2) is 47.6 Å². The summed E-state index contributed by atoms with van der Waals surface area (Å²) in [6.07, 6.45) is 1.78. The number of fused-ring (bicyclic) bond motifs is 1. The van der Waals surface area contributed by atoms with Crippen LogP contribution in [0, 0.1) is 13.8 Å². The summed E-state index contributed by atoms with van der Waals surface area (Å²) in [4.78, 5) is 13.3. The summed E-state index contributed by atoms with van der Waals surface area (Å²) in [7, 11) is 0. The van der Waals surface area contributed by atoms with Crippen molar-refractivity contribution in [3.63, 3.8) is 0 Å². The van der Waals surface area contributed by atoms with Gasteiger partial charge in [-0.1, -0.05) is 60.1 Å². The average Bonchev–Trinajstić information content (AvgIpc) is 3.12. The number of hydrogen-bond donors (Lipinski definition) is 2. The van der Waals surface area contributed by atoms with Crippen molar-refractivity contribution in [2.45, 2.75) is 50.1 Å². The molecule has 2 heterocycles. The topological polar surface area (TPSA) is 71.8 Å². The van der Waals surface area contributed by atoms with Gasteiger partial charge in [-0.25, -0.2) is 4.68 Å². The molecule has 0 saturated carbocycles. The summed E-state index contributed by atoms with van der Waals surface area (Å²) < 4.78 is 1.91. The molecule has 0 fully saturated rings. The Balaban J connectivity index is 1.67. The number of thioether (sulfide) groups is 1. The minimum atomic E-state index is -0.418. The van der Waals surface area contributed by atoms with Gasteiger partial charge < -0.3 is 10.7 Å². The summed E-state index contributed by atoms with van der Waals surface area (Å²) in [5.41, 5.74) is 7.47. The molecular formula is C22H24ClN5OS. The van der Waals surface area contributed by atoms with Gasteiger partial charge in [0.15, 0.2) is 5.82 Å². The Kier molecular flexibility index (Phi) is 6.01. The molecular weight excluding hydrogens is 418 g/mol. The molecule has 0 aliphatic carbocycles. The van der Waals surface area contributed by atoms with E-state index in [-0.39, 0.29) is 11.9 Å². The molecule has 4 rings (SSSR count). The Bertz CT molecular complexity index is 1070. The van der Waals surface area contributed by atoms with Crippen LogP contribution in [0.5, 0.6) is 0 Å². The van der Waals surface area contributed by atoms with Crippen molar-refractivity contribution in [2.75, 3.05) is 10.7 Å². The number of anilines is 1. The maximum absolute atomic E-state index is 13.3. The zero-order valence-electron chi connectivity index (χ0n) is 17.1. The molecule has 0 spiro atoms. The maximum atomic E-state index is 13.3. The molecule has 2 N–H and O–H groups in total. The number of amides is 1. The van der Waals surface area contributed by atoms with Crippen LogP contribution >= 0.6 is 23.4 Å². The lowest BCUT2D eigenvalue weighted by molar-refractivity contribution is -0.116. The zero-order chi connectivity index (χ0) is 21.3. The van der Waals surface area contributed by atoms with E-state index in [2.05, 4.69) is 33.9 Å². The summed E-state index contributed by atoms with van der Waals surface area (Å²) in [6, 6.07) is 13.3.